The van der Waals surface area contributed by atoms with Gasteiger partial charge in [-0.15, -0.1) is 0 Å². The summed E-state index contributed by atoms with van der Waals surface area (Å²) in [4.78, 5) is 38.8. The van der Waals surface area contributed by atoms with E-state index in [-0.39, 0.29) is 17.8 Å². The third-order valence-corrected chi connectivity index (χ3v) is 11.8. The summed E-state index contributed by atoms with van der Waals surface area (Å²) in [5, 5.41) is 15.4. The predicted octanol–water partition coefficient (Wildman–Crippen LogP) is 3.91. The van der Waals surface area contributed by atoms with E-state index in [0.717, 1.165) is 29.1 Å². The molecule has 7 rings (SSSR count). The van der Waals surface area contributed by atoms with Gasteiger partial charge in [-0.2, -0.15) is 18.2 Å². The van der Waals surface area contributed by atoms with Crippen LogP contribution in [0.1, 0.15) is 44.3 Å². The highest BCUT2D eigenvalue weighted by atomic mass is 32.2. The number of anilines is 4. The smallest absolute Gasteiger partial charge is 0.434 e. The van der Waals surface area contributed by atoms with Gasteiger partial charge >= 0.3 is 12.1 Å². The number of morpholine rings is 1. The first-order valence-corrected chi connectivity index (χ1v) is 20.6. The number of nitrogens with zero attached hydrogens (tertiary/aromatic N) is 11. The van der Waals surface area contributed by atoms with Gasteiger partial charge in [0.2, 0.25) is 21.9 Å². The van der Waals surface area contributed by atoms with Crippen molar-refractivity contribution in [2.24, 2.45) is 7.05 Å². The van der Waals surface area contributed by atoms with Gasteiger partial charge in [-0.3, -0.25) is 14.2 Å². The molecule has 0 amide bonds. The van der Waals surface area contributed by atoms with E-state index in [1.54, 1.807) is 25.4 Å². The minimum absolute atomic E-state index is 0.0758. The summed E-state index contributed by atoms with van der Waals surface area (Å²) >= 11 is 0. The van der Waals surface area contributed by atoms with Gasteiger partial charge < -0.3 is 34.7 Å². The first kappa shape index (κ1) is 40.1. The number of fused-ring (bicyclic) bond motifs is 1. The molecule has 1 atom stereocenters. The van der Waals surface area contributed by atoms with Crippen LogP contribution in [-0.2, 0) is 21.8 Å². The molecule has 6 heterocycles. The lowest BCUT2D eigenvalue weighted by atomic mass is 9.93. The molecule has 4 aromatic heterocycles. The van der Waals surface area contributed by atoms with E-state index in [9.17, 15) is 31.7 Å². The number of ether oxygens (including phenoxy) is 2. The second-order valence-corrected chi connectivity index (χ2v) is 16.4. The van der Waals surface area contributed by atoms with Crippen LogP contribution in [-0.4, -0.2) is 131 Å². The number of piperazine rings is 1. The molecule has 57 heavy (non-hydrogen) atoms. The maximum atomic E-state index is 13.3. The molecule has 3 aliphatic rings. The lowest BCUT2D eigenvalue weighted by molar-refractivity contribution is -0.396. The van der Waals surface area contributed by atoms with Crippen LogP contribution in [0.15, 0.2) is 36.9 Å². The minimum atomic E-state index is -4.22. The van der Waals surface area contributed by atoms with Crippen molar-refractivity contribution < 1.29 is 36.0 Å². The summed E-state index contributed by atoms with van der Waals surface area (Å²) < 4.78 is 79.6. The van der Waals surface area contributed by atoms with E-state index >= 15 is 0 Å². The predicted molar refractivity (Wildman–Crippen MR) is 205 cm³/mol. The second-order valence-electron chi connectivity index (χ2n) is 14.6. The van der Waals surface area contributed by atoms with Crippen LogP contribution in [0.3, 0.4) is 0 Å². The molecule has 308 valence electrons. The van der Waals surface area contributed by atoms with Crippen molar-refractivity contribution in [3.05, 3.63) is 52.7 Å². The number of pyridine rings is 2. The summed E-state index contributed by atoms with van der Waals surface area (Å²) in [5.74, 6) is 1.03. The number of nitrogens with one attached hydrogen (secondary N) is 1. The Morgan fingerprint density at radius 3 is 2.28 bits per heavy atom. The third kappa shape index (κ3) is 9.39. The molecule has 1 N–H and O–H groups in total. The fourth-order valence-corrected chi connectivity index (χ4v) is 8.83. The van der Waals surface area contributed by atoms with Crippen molar-refractivity contribution >= 4 is 50.0 Å². The Morgan fingerprint density at radius 1 is 0.982 bits per heavy atom. The second kappa shape index (κ2) is 16.4. The topological polar surface area (TPSA) is 190 Å². The number of nitro groups is 1. The van der Waals surface area contributed by atoms with Crippen LogP contribution in [0.25, 0.3) is 10.9 Å². The molecular weight excluding hydrogens is 774 g/mol. The zero-order valence-corrected chi connectivity index (χ0v) is 32.6. The first-order chi connectivity index (χ1) is 27.1. The number of alkyl halides is 3. The van der Waals surface area contributed by atoms with E-state index in [0.29, 0.717) is 99.6 Å². The van der Waals surface area contributed by atoms with Crippen LogP contribution in [0, 0.1) is 10.1 Å². The molecule has 1 unspecified atom stereocenters. The zero-order valence-electron chi connectivity index (χ0n) is 31.8. The van der Waals surface area contributed by atoms with Gasteiger partial charge in [0.1, 0.15) is 23.8 Å². The van der Waals surface area contributed by atoms with E-state index < -0.39 is 39.7 Å². The van der Waals surface area contributed by atoms with Gasteiger partial charge in [-0.25, -0.2) is 23.0 Å². The molecule has 1 saturated carbocycles. The number of aromatic nitrogens is 6. The maximum Gasteiger partial charge on any atom is 0.434 e. The molecule has 18 nitrogen and oxygen atoms in total. The van der Waals surface area contributed by atoms with E-state index in [4.69, 9.17) is 14.5 Å². The van der Waals surface area contributed by atoms with Gasteiger partial charge in [0.15, 0.2) is 0 Å². The molecule has 0 radical (unpaired) electrons. The highest BCUT2D eigenvalue weighted by molar-refractivity contribution is 7.92. The van der Waals surface area contributed by atoms with Crippen molar-refractivity contribution in [2.45, 2.75) is 57.0 Å². The number of hydrogen-bond donors (Lipinski definition) is 1. The van der Waals surface area contributed by atoms with Crippen LogP contribution >= 0.6 is 0 Å². The molecule has 3 fully saturated rings. The SMILES string of the molecule is CC(c1cnc([N+](=O)[O-])n1C)N(c1cnc2cc(N3CCOCC3)nc(OC3CCC(Nc4ncc(N5CCN(CC(F)(F)F)CC5)cn4)CC3)c2c1)S(C)(=O)=O. The fraction of sp³-hybridized carbons (Fsp3) is 0.571. The Balaban J connectivity index is 1.06. The van der Waals surface area contributed by atoms with Gasteiger partial charge in [0.25, 0.3) is 0 Å². The fourth-order valence-electron chi connectivity index (χ4n) is 7.67. The molecule has 22 heteroatoms. The highest BCUT2D eigenvalue weighted by Crippen LogP contribution is 2.37. The molecule has 0 bridgehead atoms. The Bertz CT molecular complexity index is 2150. The molecule has 0 aromatic carbocycles. The summed E-state index contributed by atoms with van der Waals surface area (Å²) in [7, 11) is -2.47. The quantitative estimate of drug-likeness (QED) is 0.160. The van der Waals surface area contributed by atoms with E-state index in [1.165, 1.54) is 28.9 Å². The lowest BCUT2D eigenvalue weighted by Gasteiger charge is -2.36. The van der Waals surface area contributed by atoms with Gasteiger partial charge in [0, 0.05) is 51.4 Å². The van der Waals surface area contributed by atoms with Gasteiger partial charge in [-0.1, -0.05) is 4.98 Å². The Labute approximate surface area is 327 Å². The number of sulfonamides is 1. The van der Waals surface area contributed by atoms with Crippen molar-refractivity contribution in [3.63, 3.8) is 0 Å². The molecule has 2 aliphatic heterocycles. The van der Waals surface area contributed by atoms with E-state index in [1.807, 2.05) is 11.0 Å². The number of rotatable bonds is 12. The highest BCUT2D eigenvalue weighted by Gasteiger charge is 2.34. The van der Waals surface area contributed by atoms with Crippen LogP contribution < -0.4 is 24.2 Å². The Morgan fingerprint density at radius 2 is 1.67 bits per heavy atom. The van der Waals surface area contributed by atoms with Crippen molar-refractivity contribution in [3.8, 4) is 5.88 Å². The van der Waals surface area contributed by atoms with Crippen molar-refractivity contribution in [1.29, 1.82) is 0 Å². The van der Waals surface area contributed by atoms with Crippen LogP contribution in [0.5, 0.6) is 5.88 Å². The number of imidazole rings is 1. The average molecular weight is 819 g/mol. The van der Waals surface area contributed by atoms with E-state index in [2.05, 4.69) is 30.2 Å². The normalized spacial score (nSPS) is 20.4. The van der Waals surface area contributed by atoms with Crippen molar-refractivity contribution in [1.82, 2.24) is 34.4 Å². The molecule has 0 spiro atoms. The largest absolute Gasteiger partial charge is 0.474 e. The van der Waals surface area contributed by atoms with Gasteiger partial charge in [0.05, 0.1) is 80.0 Å². The molecule has 4 aromatic rings. The summed E-state index contributed by atoms with van der Waals surface area (Å²) in [6.45, 7) is 4.60. The monoisotopic (exact) mass is 818 g/mol. The zero-order chi connectivity index (χ0) is 40.5. The minimum Gasteiger partial charge on any atom is -0.474 e. The summed E-state index contributed by atoms with van der Waals surface area (Å²) in [6, 6.07) is 2.72. The molecule has 2 saturated heterocycles. The first-order valence-electron chi connectivity index (χ1n) is 18.7. The summed E-state index contributed by atoms with van der Waals surface area (Å²) in [5.41, 5.74) is 1.87. The van der Waals surface area contributed by atoms with Crippen LogP contribution in [0.4, 0.5) is 42.3 Å². The number of hydrogen-bond acceptors (Lipinski definition) is 15. The standard InChI is InChI=1S/C35H45F3N12O6S/c1-23(30-21-42-34(45(30)2)50(51)52)49(57(3,53)54)25-16-28-29(39-18-25)17-31(48-12-14-55-15-13-48)44-32(28)56-27-6-4-24(5-7-27)43-33-40-19-26(20-41-33)47-10-8-46(9-11-47)22-35(36,37)38/h16-21,23-24,27H,4-15,22H2,1-3H3,(H,40,41,43). The van der Waals surface area contributed by atoms with Gasteiger partial charge in [-0.05, 0) is 43.6 Å². The lowest BCUT2D eigenvalue weighted by Crippen LogP contribution is -2.49. The third-order valence-electron chi connectivity index (χ3n) is 10.6. The molecule has 1 aliphatic carbocycles. The van der Waals surface area contributed by atoms with Crippen molar-refractivity contribution in [2.75, 3.05) is 84.7 Å². The Hall–Kier alpha value is -5.09. The summed E-state index contributed by atoms with van der Waals surface area (Å²) in [6.07, 6.45) is 5.64. The Kier molecular flexibility index (Phi) is 11.5. The molecular formula is C35H45F3N12O6S. The number of halogens is 3. The average Bonchev–Trinajstić information content (AvgIpc) is 3.57. The van der Waals surface area contributed by atoms with Crippen LogP contribution in [0.2, 0.25) is 0 Å². The maximum absolute atomic E-state index is 13.3.